The fourth-order valence-corrected chi connectivity index (χ4v) is 3.69. The fourth-order valence-electron chi connectivity index (χ4n) is 2.06. The Balaban J connectivity index is 2.61. The molecule has 1 unspecified atom stereocenters. The predicted octanol–water partition coefficient (Wildman–Crippen LogP) is 3.40. The van der Waals surface area contributed by atoms with Gasteiger partial charge in [-0.25, -0.2) is 0 Å². The van der Waals surface area contributed by atoms with E-state index < -0.39 is 0 Å². The Bertz CT molecular complexity index is 390. The van der Waals surface area contributed by atoms with Crippen LogP contribution in [0.4, 0.5) is 0 Å². The Labute approximate surface area is 130 Å². The number of aryl methyl sites for hydroxylation is 2. The van der Waals surface area contributed by atoms with Crippen LogP contribution in [-0.2, 0) is 13.5 Å². The van der Waals surface area contributed by atoms with Gasteiger partial charge in [0.05, 0.1) is 15.9 Å². The van der Waals surface area contributed by atoms with Crippen molar-refractivity contribution < 1.29 is 0 Å². The van der Waals surface area contributed by atoms with E-state index in [-0.39, 0.29) is 0 Å². The molecule has 1 atom stereocenters. The van der Waals surface area contributed by atoms with Crippen LogP contribution in [0.15, 0.2) is 4.47 Å². The van der Waals surface area contributed by atoms with Crippen molar-refractivity contribution >= 4 is 27.7 Å². The first-order valence-corrected chi connectivity index (χ1v) is 8.89. The van der Waals surface area contributed by atoms with Crippen molar-refractivity contribution in [3.63, 3.8) is 0 Å². The summed E-state index contributed by atoms with van der Waals surface area (Å²) in [6.07, 6.45) is 1.02. The molecule has 1 rings (SSSR count). The summed E-state index contributed by atoms with van der Waals surface area (Å²) >= 11 is 5.69. The van der Waals surface area contributed by atoms with E-state index in [0.717, 1.165) is 34.8 Å². The van der Waals surface area contributed by atoms with Crippen molar-refractivity contribution in [1.82, 2.24) is 15.1 Å². The van der Waals surface area contributed by atoms with Gasteiger partial charge in [-0.05, 0) is 41.1 Å². The molecule has 0 aromatic carbocycles. The van der Waals surface area contributed by atoms with Gasteiger partial charge in [-0.3, -0.25) is 4.68 Å². The molecule has 0 radical (unpaired) electrons. The molecule has 5 heteroatoms. The second-order valence-electron chi connectivity index (χ2n) is 5.36. The van der Waals surface area contributed by atoms with Crippen molar-refractivity contribution in [3.8, 4) is 0 Å². The maximum absolute atomic E-state index is 4.47. The minimum absolute atomic E-state index is 0.514. The summed E-state index contributed by atoms with van der Waals surface area (Å²) in [6, 6.07) is 0.514. The summed E-state index contributed by atoms with van der Waals surface area (Å²) in [4.78, 5) is 0. The van der Waals surface area contributed by atoms with Crippen LogP contribution in [0.3, 0.4) is 0 Å². The smallest absolute Gasteiger partial charge is 0.0738 e. The molecule has 1 N–H and O–H groups in total. The molecule has 0 aliphatic carbocycles. The molecule has 1 aromatic heterocycles. The topological polar surface area (TPSA) is 29.9 Å². The number of thioether (sulfide) groups is 1. The van der Waals surface area contributed by atoms with Crippen LogP contribution < -0.4 is 5.32 Å². The van der Waals surface area contributed by atoms with Gasteiger partial charge in [-0.1, -0.05) is 20.8 Å². The van der Waals surface area contributed by atoms with Crippen LogP contribution in [0.25, 0.3) is 0 Å². The maximum atomic E-state index is 4.47. The zero-order valence-corrected chi connectivity index (χ0v) is 15.1. The average molecular weight is 348 g/mol. The van der Waals surface area contributed by atoms with E-state index in [2.05, 4.69) is 47.1 Å². The number of hydrogen-bond donors (Lipinski definition) is 1. The van der Waals surface area contributed by atoms with E-state index >= 15 is 0 Å². The molecule has 19 heavy (non-hydrogen) atoms. The number of halogens is 1. The summed E-state index contributed by atoms with van der Waals surface area (Å²) in [6.45, 7) is 9.78. The highest BCUT2D eigenvalue weighted by molar-refractivity contribution is 9.10. The van der Waals surface area contributed by atoms with Crippen LogP contribution in [-0.4, -0.2) is 33.9 Å². The summed E-state index contributed by atoms with van der Waals surface area (Å²) in [5, 5.41) is 8.05. The zero-order chi connectivity index (χ0) is 14.4. The van der Waals surface area contributed by atoms with E-state index in [1.165, 1.54) is 11.4 Å². The lowest BCUT2D eigenvalue weighted by Gasteiger charge is -2.18. The molecule has 0 spiro atoms. The van der Waals surface area contributed by atoms with Gasteiger partial charge in [0.1, 0.15) is 0 Å². The normalized spacial score (nSPS) is 13.2. The summed E-state index contributed by atoms with van der Waals surface area (Å²) in [5.41, 5.74) is 2.36. The Hall–Kier alpha value is 0. The van der Waals surface area contributed by atoms with Gasteiger partial charge < -0.3 is 5.32 Å². The number of aromatic nitrogens is 2. The van der Waals surface area contributed by atoms with E-state index in [4.69, 9.17) is 0 Å². The van der Waals surface area contributed by atoms with Gasteiger partial charge in [-0.15, -0.1) is 0 Å². The van der Waals surface area contributed by atoms with E-state index in [1.54, 1.807) is 0 Å². The zero-order valence-electron chi connectivity index (χ0n) is 12.7. The molecule has 1 heterocycles. The Morgan fingerprint density at radius 1 is 1.37 bits per heavy atom. The van der Waals surface area contributed by atoms with Crippen LogP contribution in [0.2, 0.25) is 0 Å². The van der Waals surface area contributed by atoms with Crippen molar-refractivity contribution in [3.05, 3.63) is 15.9 Å². The second kappa shape index (κ2) is 8.32. The van der Waals surface area contributed by atoms with Gasteiger partial charge in [0.15, 0.2) is 0 Å². The van der Waals surface area contributed by atoms with Gasteiger partial charge in [-0.2, -0.15) is 16.9 Å². The molecule has 0 saturated carbocycles. The van der Waals surface area contributed by atoms with E-state index in [1.807, 2.05) is 30.4 Å². The number of likely N-dealkylation sites (N-methyl/N-ethyl adjacent to an activating group) is 1. The third-order valence-electron chi connectivity index (χ3n) is 2.96. The van der Waals surface area contributed by atoms with Crippen LogP contribution in [0, 0.1) is 12.8 Å². The standard InChI is InChI=1S/C14H26BrN3S/c1-6-16-12(9-19-8-10(2)3)7-13-14(15)11(4)17-18(13)5/h10,12,16H,6-9H2,1-5H3. The highest BCUT2D eigenvalue weighted by atomic mass is 79.9. The molecule has 0 saturated heterocycles. The first-order chi connectivity index (χ1) is 8.95. The fraction of sp³-hybridized carbons (Fsp3) is 0.786. The van der Waals surface area contributed by atoms with Crippen molar-refractivity contribution in [1.29, 1.82) is 0 Å². The monoisotopic (exact) mass is 347 g/mol. The SMILES string of the molecule is CCNC(CSCC(C)C)Cc1c(Br)c(C)nn1C. The van der Waals surface area contributed by atoms with E-state index in [9.17, 15) is 0 Å². The van der Waals surface area contributed by atoms with Crippen LogP contribution in [0.5, 0.6) is 0 Å². The molecule has 0 bridgehead atoms. The molecule has 0 aliphatic heterocycles. The van der Waals surface area contributed by atoms with Crippen molar-refractivity contribution in [2.45, 2.75) is 40.2 Å². The third-order valence-corrected chi connectivity index (χ3v) is 5.54. The van der Waals surface area contributed by atoms with Crippen molar-refractivity contribution in [2.75, 3.05) is 18.1 Å². The lowest BCUT2D eigenvalue weighted by Crippen LogP contribution is -2.34. The lowest BCUT2D eigenvalue weighted by molar-refractivity contribution is 0.547. The Morgan fingerprint density at radius 3 is 2.53 bits per heavy atom. The maximum Gasteiger partial charge on any atom is 0.0738 e. The summed E-state index contributed by atoms with van der Waals surface area (Å²) < 4.78 is 3.16. The quantitative estimate of drug-likeness (QED) is 0.781. The minimum atomic E-state index is 0.514. The van der Waals surface area contributed by atoms with Crippen molar-refractivity contribution in [2.24, 2.45) is 13.0 Å². The predicted molar refractivity (Wildman–Crippen MR) is 89.0 cm³/mol. The number of nitrogens with zero attached hydrogens (tertiary/aromatic N) is 2. The lowest BCUT2D eigenvalue weighted by atomic mass is 10.1. The molecular weight excluding hydrogens is 322 g/mol. The minimum Gasteiger partial charge on any atom is -0.313 e. The summed E-state index contributed by atoms with van der Waals surface area (Å²) in [5.74, 6) is 3.15. The molecule has 0 fully saturated rings. The summed E-state index contributed by atoms with van der Waals surface area (Å²) in [7, 11) is 2.03. The van der Waals surface area contributed by atoms with Crippen LogP contribution >= 0.6 is 27.7 Å². The largest absolute Gasteiger partial charge is 0.313 e. The first kappa shape index (κ1) is 17.1. The molecule has 110 valence electrons. The highest BCUT2D eigenvalue weighted by Gasteiger charge is 2.16. The van der Waals surface area contributed by atoms with Gasteiger partial charge >= 0.3 is 0 Å². The molecule has 0 aliphatic rings. The first-order valence-electron chi connectivity index (χ1n) is 6.94. The number of rotatable bonds is 8. The Kier molecular flexibility index (Phi) is 7.47. The molecule has 3 nitrogen and oxygen atoms in total. The number of nitrogens with one attached hydrogen (secondary N) is 1. The molecular formula is C14H26BrN3S. The second-order valence-corrected chi connectivity index (χ2v) is 7.23. The highest BCUT2D eigenvalue weighted by Crippen LogP contribution is 2.22. The Morgan fingerprint density at radius 2 is 2.05 bits per heavy atom. The molecule has 1 aromatic rings. The van der Waals surface area contributed by atoms with Gasteiger partial charge in [0.2, 0.25) is 0 Å². The van der Waals surface area contributed by atoms with Gasteiger partial charge in [0.25, 0.3) is 0 Å². The van der Waals surface area contributed by atoms with Crippen LogP contribution in [0.1, 0.15) is 32.2 Å². The molecule has 0 amide bonds. The average Bonchev–Trinajstić information content (AvgIpc) is 2.55. The number of hydrogen-bond acceptors (Lipinski definition) is 3. The third kappa shape index (κ3) is 5.48. The van der Waals surface area contributed by atoms with E-state index in [0.29, 0.717) is 6.04 Å². The van der Waals surface area contributed by atoms with Gasteiger partial charge in [0, 0.05) is 25.3 Å².